The second-order valence-electron chi connectivity index (χ2n) is 3.42. The Morgan fingerprint density at radius 3 is 3.00 bits per heavy atom. The van der Waals surface area contributed by atoms with Gasteiger partial charge in [0, 0.05) is 12.6 Å². The van der Waals surface area contributed by atoms with Crippen LogP contribution in [0.15, 0.2) is 16.9 Å². The third kappa shape index (κ3) is 2.53. The summed E-state index contributed by atoms with van der Waals surface area (Å²) in [5.74, 6) is -0.355. The van der Waals surface area contributed by atoms with E-state index in [1.165, 1.54) is 6.08 Å². The summed E-state index contributed by atoms with van der Waals surface area (Å²) in [4.78, 5) is 15.9. The Kier molecular flexibility index (Phi) is 3.19. The van der Waals surface area contributed by atoms with Crippen molar-refractivity contribution in [1.29, 1.82) is 0 Å². The molecular weight excluding hydrogens is 184 g/mol. The van der Waals surface area contributed by atoms with Crippen LogP contribution in [0.2, 0.25) is 0 Å². The summed E-state index contributed by atoms with van der Waals surface area (Å²) in [6.07, 6.45) is 1.32. The molecule has 0 saturated heterocycles. The molecule has 2 N–H and O–H groups in total. The van der Waals surface area contributed by atoms with Crippen molar-refractivity contribution in [2.45, 2.75) is 13.0 Å². The van der Waals surface area contributed by atoms with E-state index in [1.54, 1.807) is 0 Å². The topological polar surface area (TPSA) is 84.8 Å². The van der Waals surface area contributed by atoms with Crippen molar-refractivity contribution in [2.75, 3.05) is 20.1 Å². The summed E-state index contributed by atoms with van der Waals surface area (Å²) in [6.45, 7) is 3.32. The Labute approximate surface area is 82.2 Å². The standard InChI is InChI=1S/C8H14N4O2/c1-6-4-10-7(5-11(6)2)3-8(9)12(13)14/h3,6H,4-5,9H2,1-2H3. The van der Waals surface area contributed by atoms with E-state index in [2.05, 4.69) is 16.8 Å². The highest BCUT2D eigenvalue weighted by molar-refractivity contribution is 5.97. The monoisotopic (exact) mass is 198 g/mol. The lowest BCUT2D eigenvalue weighted by atomic mass is 10.2. The largest absolute Gasteiger partial charge is 0.358 e. The molecule has 1 heterocycles. The summed E-state index contributed by atoms with van der Waals surface area (Å²) in [6, 6.07) is 0.379. The smallest absolute Gasteiger partial charge is 0.315 e. The van der Waals surface area contributed by atoms with E-state index in [4.69, 9.17) is 5.73 Å². The van der Waals surface area contributed by atoms with Crippen molar-refractivity contribution in [2.24, 2.45) is 10.7 Å². The molecular formula is C8H14N4O2. The normalized spacial score (nSPS) is 24.6. The zero-order valence-corrected chi connectivity index (χ0v) is 8.30. The van der Waals surface area contributed by atoms with Crippen LogP contribution in [0.5, 0.6) is 0 Å². The van der Waals surface area contributed by atoms with Crippen molar-refractivity contribution in [1.82, 2.24) is 4.90 Å². The molecule has 0 bridgehead atoms. The van der Waals surface area contributed by atoms with Crippen LogP contribution in [0.4, 0.5) is 0 Å². The molecule has 0 aliphatic carbocycles. The van der Waals surface area contributed by atoms with Crippen molar-refractivity contribution >= 4 is 5.71 Å². The first-order valence-electron chi connectivity index (χ1n) is 4.36. The number of aliphatic imine (C=N–C) groups is 1. The number of nitro groups is 1. The van der Waals surface area contributed by atoms with Crippen molar-refractivity contribution < 1.29 is 4.92 Å². The zero-order chi connectivity index (χ0) is 10.7. The van der Waals surface area contributed by atoms with Crippen molar-refractivity contribution in [3.8, 4) is 0 Å². The molecule has 0 saturated carbocycles. The third-order valence-corrected chi connectivity index (χ3v) is 2.25. The van der Waals surface area contributed by atoms with Gasteiger partial charge in [-0.1, -0.05) is 0 Å². The van der Waals surface area contributed by atoms with E-state index in [0.717, 1.165) is 0 Å². The molecule has 0 radical (unpaired) electrons. The lowest BCUT2D eigenvalue weighted by molar-refractivity contribution is -0.426. The summed E-state index contributed by atoms with van der Waals surface area (Å²) in [5.41, 5.74) is 5.86. The van der Waals surface area contributed by atoms with Gasteiger partial charge in [-0.2, -0.15) is 0 Å². The van der Waals surface area contributed by atoms with Crippen LogP contribution in [0.1, 0.15) is 6.92 Å². The van der Waals surface area contributed by atoms with Crippen LogP contribution in [-0.2, 0) is 0 Å². The molecule has 6 heteroatoms. The molecule has 1 atom stereocenters. The Morgan fingerprint density at radius 2 is 2.50 bits per heavy atom. The predicted molar refractivity (Wildman–Crippen MR) is 53.7 cm³/mol. The van der Waals surface area contributed by atoms with Gasteiger partial charge in [-0.3, -0.25) is 15.6 Å². The van der Waals surface area contributed by atoms with Crippen molar-refractivity contribution in [3.05, 3.63) is 22.0 Å². The number of hydrogen-bond donors (Lipinski definition) is 1. The molecule has 1 aliphatic heterocycles. The van der Waals surface area contributed by atoms with E-state index in [-0.39, 0.29) is 5.82 Å². The summed E-state index contributed by atoms with van der Waals surface area (Å²) in [7, 11) is 1.95. The molecule has 6 nitrogen and oxygen atoms in total. The van der Waals surface area contributed by atoms with E-state index in [9.17, 15) is 10.1 Å². The highest BCUT2D eigenvalue weighted by Gasteiger charge is 2.16. The van der Waals surface area contributed by atoms with E-state index < -0.39 is 4.92 Å². The van der Waals surface area contributed by atoms with E-state index in [0.29, 0.717) is 24.8 Å². The Bertz CT molecular complexity index is 298. The second kappa shape index (κ2) is 4.19. The van der Waals surface area contributed by atoms with Gasteiger partial charge in [0.25, 0.3) is 0 Å². The maximum atomic E-state index is 10.3. The van der Waals surface area contributed by atoms with E-state index >= 15 is 0 Å². The SMILES string of the molecule is CC1CN=C(C=C(N)[N+](=O)[O-])CN1C. The molecule has 1 rings (SSSR count). The Balaban J connectivity index is 2.72. The molecule has 78 valence electrons. The third-order valence-electron chi connectivity index (χ3n) is 2.25. The van der Waals surface area contributed by atoms with Gasteiger partial charge in [0.15, 0.2) is 0 Å². The number of nitrogens with two attached hydrogens (primary N) is 1. The predicted octanol–water partition coefficient (Wildman–Crippen LogP) is -0.162. The fraction of sp³-hybridized carbons (Fsp3) is 0.625. The fourth-order valence-corrected chi connectivity index (χ4v) is 1.16. The summed E-state index contributed by atoms with van der Waals surface area (Å²) >= 11 is 0. The average molecular weight is 198 g/mol. The first-order valence-corrected chi connectivity index (χ1v) is 4.36. The molecule has 14 heavy (non-hydrogen) atoms. The quantitative estimate of drug-likeness (QED) is 0.493. The molecule has 0 aromatic carbocycles. The van der Waals surface area contributed by atoms with Gasteiger partial charge in [0.2, 0.25) is 0 Å². The second-order valence-corrected chi connectivity index (χ2v) is 3.42. The maximum absolute atomic E-state index is 10.3. The lowest BCUT2D eigenvalue weighted by Gasteiger charge is -2.27. The summed E-state index contributed by atoms with van der Waals surface area (Å²) < 4.78 is 0. The van der Waals surface area contributed by atoms with Gasteiger partial charge in [-0.15, -0.1) is 0 Å². The zero-order valence-electron chi connectivity index (χ0n) is 8.30. The minimum absolute atomic E-state index is 0.355. The van der Waals surface area contributed by atoms with Gasteiger partial charge >= 0.3 is 5.82 Å². The van der Waals surface area contributed by atoms with Gasteiger partial charge < -0.3 is 10.1 Å². The summed E-state index contributed by atoms with van der Waals surface area (Å²) in [5, 5.41) is 10.3. The van der Waals surface area contributed by atoms with Crippen LogP contribution in [0, 0.1) is 10.1 Å². The number of likely N-dealkylation sites (N-methyl/N-ethyl adjacent to an activating group) is 1. The van der Waals surface area contributed by atoms with Gasteiger partial charge in [-0.25, -0.2) is 0 Å². The van der Waals surface area contributed by atoms with Gasteiger partial charge in [0.05, 0.1) is 18.3 Å². The van der Waals surface area contributed by atoms with Gasteiger partial charge in [-0.05, 0) is 18.9 Å². The minimum atomic E-state index is -0.611. The molecule has 0 amide bonds. The molecule has 1 unspecified atom stereocenters. The van der Waals surface area contributed by atoms with Crippen LogP contribution in [-0.4, -0.2) is 41.7 Å². The van der Waals surface area contributed by atoms with Crippen molar-refractivity contribution in [3.63, 3.8) is 0 Å². The molecule has 0 spiro atoms. The van der Waals surface area contributed by atoms with Crippen LogP contribution in [0.25, 0.3) is 0 Å². The van der Waals surface area contributed by atoms with Gasteiger partial charge in [0.1, 0.15) is 0 Å². The Morgan fingerprint density at radius 1 is 1.86 bits per heavy atom. The molecule has 1 aliphatic rings. The minimum Gasteiger partial charge on any atom is -0.358 e. The number of rotatable bonds is 2. The maximum Gasteiger partial charge on any atom is 0.315 e. The highest BCUT2D eigenvalue weighted by Crippen LogP contribution is 2.04. The molecule has 0 aromatic heterocycles. The van der Waals surface area contributed by atoms with Crippen LogP contribution in [0.3, 0.4) is 0 Å². The first-order chi connectivity index (χ1) is 6.50. The van der Waals surface area contributed by atoms with Crippen LogP contribution >= 0.6 is 0 Å². The Hall–Kier alpha value is -1.43. The first kappa shape index (κ1) is 10.6. The van der Waals surface area contributed by atoms with E-state index in [1.807, 2.05) is 7.05 Å². The fourth-order valence-electron chi connectivity index (χ4n) is 1.16. The van der Waals surface area contributed by atoms with Crippen LogP contribution < -0.4 is 5.73 Å². The average Bonchev–Trinajstić information content (AvgIpc) is 2.11. The molecule has 0 fully saturated rings. The molecule has 0 aromatic rings. The lowest BCUT2D eigenvalue weighted by Crippen LogP contribution is -2.39. The number of hydrogen-bond acceptors (Lipinski definition) is 5. The number of nitrogens with zero attached hydrogens (tertiary/aromatic N) is 3. The highest BCUT2D eigenvalue weighted by atomic mass is 16.6.